The highest BCUT2D eigenvalue weighted by molar-refractivity contribution is 5.98. The van der Waals surface area contributed by atoms with Crippen LogP contribution in [0.2, 0.25) is 0 Å². The fourth-order valence-electron chi connectivity index (χ4n) is 5.28. The van der Waals surface area contributed by atoms with Crippen LogP contribution in [0, 0.1) is 0 Å². The number of furan rings is 1. The van der Waals surface area contributed by atoms with Crippen molar-refractivity contribution in [2.45, 2.75) is 45.3 Å². The van der Waals surface area contributed by atoms with Crippen LogP contribution in [0.25, 0.3) is 33.6 Å². The number of benzene rings is 2. The minimum absolute atomic E-state index is 0.112. The lowest BCUT2D eigenvalue weighted by molar-refractivity contribution is 0.0225. The third kappa shape index (κ3) is 6.38. The smallest absolute Gasteiger partial charge is 0.410 e. The number of methoxy groups -OCH3 is 3. The summed E-state index contributed by atoms with van der Waals surface area (Å²) in [7, 11) is 4.68. The van der Waals surface area contributed by atoms with Crippen molar-refractivity contribution >= 4 is 23.1 Å². The van der Waals surface area contributed by atoms with Gasteiger partial charge in [0.2, 0.25) is 5.75 Å². The summed E-state index contributed by atoms with van der Waals surface area (Å²) < 4.78 is 28.3. The van der Waals surface area contributed by atoms with Crippen LogP contribution in [-0.2, 0) is 4.74 Å². The number of carbonyl (C=O) groups excluding carboxylic acids is 2. The molecule has 2 amide bonds. The molecule has 1 fully saturated rings. The number of fused-ring (bicyclic) bond motifs is 1. The average Bonchev–Trinajstić information content (AvgIpc) is 3.65. The van der Waals surface area contributed by atoms with Gasteiger partial charge in [0.1, 0.15) is 16.9 Å². The van der Waals surface area contributed by atoms with E-state index in [1.165, 1.54) is 0 Å². The second-order valence-electron chi connectivity index (χ2n) is 11.4. The first kappa shape index (κ1) is 29.8. The highest BCUT2D eigenvalue weighted by Gasteiger charge is 2.32. The molecule has 10 heteroatoms. The lowest BCUT2D eigenvalue weighted by atomic mass is 10.0. The van der Waals surface area contributed by atoms with Crippen molar-refractivity contribution in [1.82, 2.24) is 15.2 Å². The second-order valence-corrected chi connectivity index (χ2v) is 11.4. The largest absolute Gasteiger partial charge is 0.493 e. The fraction of sp³-hybridized carbons (Fsp3) is 0.364. The maximum absolute atomic E-state index is 13.2. The molecule has 1 saturated heterocycles. The van der Waals surface area contributed by atoms with Gasteiger partial charge in [-0.3, -0.25) is 9.78 Å². The average molecular weight is 588 g/mol. The maximum atomic E-state index is 13.2. The molecular formula is C33H37N3O7. The number of nitrogens with one attached hydrogen (secondary N) is 1. The van der Waals surface area contributed by atoms with E-state index in [0.717, 1.165) is 29.5 Å². The van der Waals surface area contributed by atoms with Crippen molar-refractivity contribution in [3.8, 4) is 39.7 Å². The minimum atomic E-state index is -0.574. The van der Waals surface area contributed by atoms with Crippen molar-refractivity contribution in [3.05, 3.63) is 60.3 Å². The van der Waals surface area contributed by atoms with Gasteiger partial charge in [-0.05, 0) is 69.5 Å². The summed E-state index contributed by atoms with van der Waals surface area (Å²) in [5, 5.41) is 3.00. The zero-order valence-corrected chi connectivity index (χ0v) is 25.4. The molecule has 2 aromatic carbocycles. The molecule has 5 rings (SSSR count). The molecule has 0 spiro atoms. The molecule has 4 aromatic rings. The zero-order valence-electron chi connectivity index (χ0n) is 25.4. The monoisotopic (exact) mass is 587 g/mol. The van der Waals surface area contributed by atoms with Gasteiger partial charge in [0, 0.05) is 42.0 Å². The van der Waals surface area contributed by atoms with Gasteiger partial charge in [0.15, 0.2) is 17.1 Å². The zero-order chi connectivity index (χ0) is 30.7. The van der Waals surface area contributed by atoms with Crippen molar-refractivity contribution in [2.75, 3.05) is 34.4 Å². The molecule has 0 aliphatic carbocycles. The van der Waals surface area contributed by atoms with Gasteiger partial charge in [-0.2, -0.15) is 0 Å². The Hall–Kier alpha value is -4.73. The van der Waals surface area contributed by atoms with Crippen molar-refractivity contribution in [2.24, 2.45) is 0 Å². The highest BCUT2D eigenvalue weighted by Crippen LogP contribution is 2.43. The van der Waals surface area contributed by atoms with Crippen LogP contribution in [0.5, 0.6) is 17.2 Å². The number of rotatable bonds is 8. The molecule has 0 bridgehead atoms. The van der Waals surface area contributed by atoms with Crippen LogP contribution >= 0.6 is 0 Å². The van der Waals surface area contributed by atoms with E-state index >= 15 is 0 Å². The van der Waals surface area contributed by atoms with E-state index in [2.05, 4.69) is 10.3 Å². The van der Waals surface area contributed by atoms with Crippen LogP contribution in [0.15, 0.2) is 59.1 Å². The summed E-state index contributed by atoms with van der Waals surface area (Å²) in [6.07, 6.45) is 3.04. The van der Waals surface area contributed by atoms with Gasteiger partial charge < -0.3 is 33.6 Å². The van der Waals surface area contributed by atoms with Gasteiger partial charge in [-0.15, -0.1) is 0 Å². The predicted molar refractivity (Wildman–Crippen MR) is 163 cm³/mol. The Morgan fingerprint density at radius 1 is 1.00 bits per heavy atom. The quantitative estimate of drug-likeness (QED) is 0.255. The van der Waals surface area contributed by atoms with Crippen LogP contribution < -0.4 is 19.5 Å². The van der Waals surface area contributed by atoms with E-state index in [1.54, 1.807) is 38.5 Å². The normalized spacial score (nSPS) is 14.9. The number of pyridine rings is 1. The summed E-state index contributed by atoms with van der Waals surface area (Å²) in [6.45, 7) is 6.50. The number of carbonyl (C=O) groups is 2. The lowest BCUT2D eigenvalue weighted by Crippen LogP contribution is -2.45. The summed E-state index contributed by atoms with van der Waals surface area (Å²) in [4.78, 5) is 32.1. The number of hydrogen-bond donors (Lipinski definition) is 1. The first-order chi connectivity index (χ1) is 20.6. The first-order valence-corrected chi connectivity index (χ1v) is 14.2. The lowest BCUT2D eigenvalue weighted by Gasteiger charge is -2.28. The van der Waals surface area contributed by atoms with Gasteiger partial charge in [-0.1, -0.05) is 12.1 Å². The van der Waals surface area contributed by atoms with Crippen molar-refractivity contribution in [3.63, 3.8) is 0 Å². The molecule has 1 aliphatic rings. The summed E-state index contributed by atoms with van der Waals surface area (Å²) in [6, 6.07) is 14.6. The molecule has 0 saturated carbocycles. The van der Waals surface area contributed by atoms with E-state index in [-0.39, 0.29) is 18.0 Å². The molecule has 0 radical (unpaired) electrons. The van der Waals surface area contributed by atoms with E-state index in [1.807, 2.05) is 63.2 Å². The second kappa shape index (κ2) is 12.2. The molecule has 226 valence electrons. The third-order valence-electron chi connectivity index (χ3n) is 7.30. The Morgan fingerprint density at radius 2 is 1.74 bits per heavy atom. The van der Waals surface area contributed by atoms with E-state index < -0.39 is 5.60 Å². The Kier molecular flexibility index (Phi) is 8.47. The number of aromatic nitrogens is 1. The van der Waals surface area contributed by atoms with E-state index in [4.69, 9.17) is 23.4 Å². The Labute approximate surface area is 250 Å². The Balaban J connectivity index is 1.37. The summed E-state index contributed by atoms with van der Waals surface area (Å²) >= 11 is 0. The fourth-order valence-corrected chi connectivity index (χ4v) is 5.28. The number of amides is 2. The van der Waals surface area contributed by atoms with Crippen LogP contribution in [-0.4, -0.2) is 67.9 Å². The number of hydrogen-bond acceptors (Lipinski definition) is 8. The molecule has 2 aromatic heterocycles. The van der Waals surface area contributed by atoms with Crippen molar-refractivity contribution < 1.29 is 33.0 Å². The molecule has 10 nitrogen and oxygen atoms in total. The van der Waals surface area contributed by atoms with Gasteiger partial charge >= 0.3 is 6.09 Å². The number of nitrogens with zero attached hydrogens (tertiary/aromatic N) is 2. The molecular weight excluding hydrogens is 550 g/mol. The standard InChI is InChI=1S/C33H37N3O7/c1-33(2,3)43-32(38)36-14-8-11-23(36)19-35-31(37)21-10-7-9-20(15-21)24-12-13-34-25-18-26(42-29(24)25)22-16-27(39-4)30(41-6)28(17-22)40-5/h7,9-10,12-13,15-18,23H,8,11,14,19H2,1-6H3,(H,35,37). The van der Waals surface area contributed by atoms with Gasteiger partial charge in [-0.25, -0.2) is 4.79 Å². The topological polar surface area (TPSA) is 112 Å². The molecule has 43 heavy (non-hydrogen) atoms. The minimum Gasteiger partial charge on any atom is -0.493 e. The Morgan fingerprint density at radius 3 is 2.42 bits per heavy atom. The molecule has 1 N–H and O–H groups in total. The van der Waals surface area contributed by atoms with E-state index in [9.17, 15) is 9.59 Å². The van der Waals surface area contributed by atoms with Crippen molar-refractivity contribution in [1.29, 1.82) is 0 Å². The molecule has 3 heterocycles. The number of ether oxygens (including phenoxy) is 4. The van der Waals surface area contributed by atoms with Crippen LogP contribution in [0.1, 0.15) is 44.0 Å². The summed E-state index contributed by atoms with van der Waals surface area (Å²) in [5.74, 6) is 1.87. The SMILES string of the molecule is COc1cc(-c2cc3nccc(-c4cccc(C(=O)NCC5CCCN5C(=O)OC(C)(C)C)c4)c3o2)cc(OC)c1OC. The van der Waals surface area contributed by atoms with Crippen LogP contribution in [0.4, 0.5) is 4.79 Å². The predicted octanol–water partition coefficient (Wildman–Crippen LogP) is 6.32. The molecule has 1 aliphatic heterocycles. The number of likely N-dealkylation sites (tertiary alicyclic amines) is 1. The van der Waals surface area contributed by atoms with Crippen LogP contribution in [0.3, 0.4) is 0 Å². The third-order valence-corrected chi connectivity index (χ3v) is 7.30. The Bertz CT molecular complexity index is 1610. The summed E-state index contributed by atoms with van der Waals surface area (Å²) in [5.41, 5.74) is 3.52. The molecule has 1 atom stereocenters. The maximum Gasteiger partial charge on any atom is 0.410 e. The van der Waals surface area contributed by atoms with E-state index in [0.29, 0.717) is 52.8 Å². The van der Waals surface area contributed by atoms with Gasteiger partial charge in [0.05, 0.1) is 27.4 Å². The highest BCUT2D eigenvalue weighted by atomic mass is 16.6. The first-order valence-electron chi connectivity index (χ1n) is 14.2. The molecule has 1 unspecified atom stereocenters. The van der Waals surface area contributed by atoms with Gasteiger partial charge in [0.25, 0.3) is 5.91 Å².